The number of phenols is 1. The van der Waals surface area contributed by atoms with Crippen LogP contribution < -0.4 is 5.43 Å². The third-order valence-electron chi connectivity index (χ3n) is 3.58. The van der Waals surface area contributed by atoms with Crippen LogP contribution in [0, 0.1) is 0 Å². The van der Waals surface area contributed by atoms with Crippen molar-refractivity contribution in [1.82, 2.24) is 5.43 Å². The molecule has 2 N–H and O–H groups in total. The van der Waals surface area contributed by atoms with Gasteiger partial charge in [-0.25, -0.2) is 5.43 Å². The second kappa shape index (κ2) is 8.17. The van der Waals surface area contributed by atoms with Crippen molar-refractivity contribution >= 4 is 22.9 Å². The SMILES string of the molecule is CCCCCCC(=O)NN=Cc1ccc2ccccc2c1O. The number of hydrazone groups is 1. The smallest absolute Gasteiger partial charge is 0.240 e. The van der Waals surface area contributed by atoms with Crippen molar-refractivity contribution in [2.75, 3.05) is 0 Å². The van der Waals surface area contributed by atoms with Crippen molar-refractivity contribution < 1.29 is 9.90 Å². The number of phenolic OH excluding ortho intramolecular Hbond substituents is 1. The molecule has 0 saturated carbocycles. The summed E-state index contributed by atoms with van der Waals surface area (Å²) in [6.07, 6.45) is 6.23. The molecule has 0 aliphatic heterocycles. The zero-order valence-corrected chi connectivity index (χ0v) is 12.9. The summed E-state index contributed by atoms with van der Waals surface area (Å²) in [5, 5.41) is 15.9. The van der Waals surface area contributed by atoms with Crippen LogP contribution in [0.1, 0.15) is 44.6 Å². The zero-order chi connectivity index (χ0) is 15.8. The molecule has 2 rings (SSSR count). The molecule has 4 nitrogen and oxygen atoms in total. The summed E-state index contributed by atoms with van der Waals surface area (Å²) in [7, 11) is 0. The number of unbranched alkanes of at least 4 members (excludes halogenated alkanes) is 3. The average molecular weight is 298 g/mol. The van der Waals surface area contributed by atoms with Crippen molar-refractivity contribution in [1.29, 1.82) is 0 Å². The van der Waals surface area contributed by atoms with Crippen molar-refractivity contribution in [3.63, 3.8) is 0 Å². The van der Waals surface area contributed by atoms with E-state index in [1.54, 1.807) is 6.07 Å². The van der Waals surface area contributed by atoms with Crippen LogP contribution in [0.2, 0.25) is 0 Å². The van der Waals surface area contributed by atoms with E-state index in [9.17, 15) is 9.90 Å². The molecule has 2 aromatic rings. The lowest BCUT2D eigenvalue weighted by Crippen LogP contribution is -2.16. The summed E-state index contributed by atoms with van der Waals surface area (Å²) in [5.41, 5.74) is 3.09. The van der Waals surface area contributed by atoms with Gasteiger partial charge in [-0.3, -0.25) is 4.79 Å². The number of nitrogens with one attached hydrogen (secondary N) is 1. The van der Waals surface area contributed by atoms with Crippen molar-refractivity contribution in [3.05, 3.63) is 42.0 Å². The third-order valence-corrected chi connectivity index (χ3v) is 3.58. The molecule has 1 amide bonds. The number of carbonyl (C=O) groups excluding carboxylic acids is 1. The van der Waals surface area contributed by atoms with Gasteiger partial charge in [0, 0.05) is 17.4 Å². The summed E-state index contributed by atoms with van der Waals surface area (Å²) in [4.78, 5) is 11.6. The molecule has 0 bridgehead atoms. The molecule has 0 fully saturated rings. The summed E-state index contributed by atoms with van der Waals surface area (Å²) in [6, 6.07) is 11.3. The van der Waals surface area contributed by atoms with Gasteiger partial charge in [0.15, 0.2) is 0 Å². The van der Waals surface area contributed by atoms with Gasteiger partial charge in [0.25, 0.3) is 0 Å². The molecule has 0 radical (unpaired) electrons. The predicted molar refractivity (Wildman–Crippen MR) is 90.1 cm³/mol. The number of hydrogen-bond donors (Lipinski definition) is 2. The molecule has 116 valence electrons. The number of hydrogen-bond acceptors (Lipinski definition) is 3. The van der Waals surface area contributed by atoms with Crippen molar-refractivity contribution in [2.24, 2.45) is 5.10 Å². The minimum absolute atomic E-state index is 0.0902. The summed E-state index contributed by atoms with van der Waals surface area (Å²) >= 11 is 0. The first-order valence-corrected chi connectivity index (χ1v) is 7.75. The Morgan fingerprint density at radius 3 is 2.82 bits per heavy atom. The number of amides is 1. The Morgan fingerprint density at radius 1 is 1.18 bits per heavy atom. The second-order valence-electron chi connectivity index (χ2n) is 5.33. The van der Waals surface area contributed by atoms with Gasteiger partial charge in [-0.2, -0.15) is 5.10 Å². The third kappa shape index (κ3) is 4.32. The largest absolute Gasteiger partial charge is 0.507 e. The fourth-order valence-corrected chi connectivity index (χ4v) is 2.32. The molecule has 0 atom stereocenters. The van der Waals surface area contributed by atoms with Crippen LogP contribution in [0.25, 0.3) is 10.8 Å². The van der Waals surface area contributed by atoms with E-state index in [2.05, 4.69) is 17.5 Å². The number of carbonyl (C=O) groups is 1. The summed E-state index contributed by atoms with van der Waals surface area (Å²) in [5.74, 6) is 0.0895. The molecule has 4 heteroatoms. The molecular weight excluding hydrogens is 276 g/mol. The molecule has 0 aliphatic carbocycles. The van der Waals surface area contributed by atoms with Crippen LogP contribution in [-0.2, 0) is 4.79 Å². The lowest BCUT2D eigenvalue weighted by Gasteiger charge is -2.04. The Balaban J connectivity index is 1.93. The highest BCUT2D eigenvalue weighted by molar-refractivity contribution is 5.97. The topological polar surface area (TPSA) is 61.7 Å². The number of rotatable bonds is 7. The van der Waals surface area contributed by atoms with Gasteiger partial charge < -0.3 is 5.11 Å². The maximum Gasteiger partial charge on any atom is 0.240 e. The summed E-state index contributed by atoms with van der Waals surface area (Å²) < 4.78 is 0. The highest BCUT2D eigenvalue weighted by Crippen LogP contribution is 2.27. The van der Waals surface area contributed by atoms with E-state index in [-0.39, 0.29) is 11.7 Å². The lowest BCUT2D eigenvalue weighted by atomic mass is 10.1. The molecule has 0 heterocycles. The number of fused-ring (bicyclic) bond motifs is 1. The maximum absolute atomic E-state index is 11.6. The molecule has 2 aromatic carbocycles. The van der Waals surface area contributed by atoms with Crippen molar-refractivity contribution in [2.45, 2.75) is 39.0 Å². The second-order valence-corrected chi connectivity index (χ2v) is 5.33. The molecule has 0 aliphatic rings. The van der Waals surface area contributed by atoms with E-state index in [0.29, 0.717) is 12.0 Å². The average Bonchev–Trinajstić information content (AvgIpc) is 2.54. The van der Waals surface area contributed by atoms with Crippen LogP contribution >= 0.6 is 0 Å². The first-order valence-electron chi connectivity index (χ1n) is 7.75. The van der Waals surface area contributed by atoms with Crippen LogP contribution in [-0.4, -0.2) is 17.2 Å². The van der Waals surface area contributed by atoms with Crippen molar-refractivity contribution in [3.8, 4) is 5.75 Å². The number of aromatic hydroxyl groups is 1. The molecular formula is C18H22N2O2. The summed E-state index contributed by atoms with van der Waals surface area (Å²) in [6.45, 7) is 2.14. The Morgan fingerprint density at radius 2 is 2.00 bits per heavy atom. The minimum atomic E-state index is -0.0902. The first-order chi connectivity index (χ1) is 10.7. The fourth-order valence-electron chi connectivity index (χ4n) is 2.32. The monoisotopic (exact) mass is 298 g/mol. The van der Waals surface area contributed by atoms with E-state index in [1.165, 1.54) is 6.21 Å². The van der Waals surface area contributed by atoms with Gasteiger partial charge in [0.2, 0.25) is 5.91 Å². The minimum Gasteiger partial charge on any atom is -0.507 e. The molecule has 22 heavy (non-hydrogen) atoms. The fraction of sp³-hybridized carbons (Fsp3) is 0.333. The standard InChI is InChI=1S/C18H22N2O2/c1-2-3-4-5-10-17(21)20-19-13-15-12-11-14-8-6-7-9-16(14)18(15)22/h6-9,11-13,22H,2-5,10H2,1H3,(H,20,21). The highest BCUT2D eigenvalue weighted by atomic mass is 16.3. The van der Waals surface area contributed by atoms with Gasteiger partial charge in [0.1, 0.15) is 5.75 Å². The zero-order valence-electron chi connectivity index (χ0n) is 12.9. The van der Waals surface area contributed by atoms with E-state index >= 15 is 0 Å². The predicted octanol–water partition coefficient (Wildman–Crippen LogP) is 3.97. The van der Waals surface area contributed by atoms with E-state index in [0.717, 1.165) is 36.5 Å². The quantitative estimate of drug-likeness (QED) is 0.461. The Bertz CT molecular complexity index is 665. The number of nitrogens with zero attached hydrogens (tertiary/aromatic N) is 1. The van der Waals surface area contributed by atoms with Crippen LogP contribution in [0.3, 0.4) is 0 Å². The Kier molecular flexibility index (Phi) is 5.95. The van der Waals surface area contributed by atoms with Crippen LogP contribution in [0.5, 0.6) is 5.75 Å². The molecule has 0 unspecified atom stereocenters. The first kappa shape index (κ1) is 16.0. The number of benzene rings is 2. The molecule has 0 aromatic heterocycles. The normalized spacial score (nSPS) is 11.1. The molecule has 0 spiro atoms. The van der Waals surface area contributed by atoms with Crippen LogP contribution in [0.4, 0.5) is 0 Å². The Hall–Kier alpha value is -2.36. The van der Waals surface area contributed by atoms with Crippen LogP contribution in [0.15, 0.2) is 41.5 Å². The highest BCUT2D eigenvalue weighted by Gasteiger charge is 2.04. The van der Waals surface area contributed by atoms with Gasteiger partial charge >= 0.3 is 0 Å². The van der Waals surface area contributed by atoms with E-state index in [4.69, 9.17) is 0 Å². The van der Waals surface area contributed by atoms with E-state index < -0.39 is 0 Å². The van der Waals surface area contributed by atoms with Gasteiger partial charge in [-0.05, 0) is 17.9 Å². The van der Waals surface area contributed by atoms with Gasteiger partial charge in [0.05, 0.1) is 6.21 Å². The van der Waals surface area contributed by atoms with E-state index in [1.807, 2.05) is 30.3 Å². The molecule has 0 saturated heterocycles. The Labute approximate surface area is 130 Å². The maximum atomic E-state index is 11.6. The van der Waals surface area contributed by atoms with Gasteiger partial charge in [-0.15, -0.1) is 0 Å². The lowest BCUT2D eigenvalue weighted by molar-refractivity contribution is -0.121. The van der Waals surface area contributed by atoms with Gasteiger partial charge in [-0.1, -0.05) is 56.5 Å².